The highest BCUT2D eigenvalue weighted by Crippen LogP contribution is 2.25. The summed E-state index contributed by atoms with van der Waals surface area (Å²) in [4.78, 5) is 14.5. The molecule has 0 radical (unpaired) electrons. The van der Waals surface area contributed by atoms with E-state index in [1.165, 1.54) is 6.20 Å². The molecule has 1 unspecified atom stereocenters. The van der Waals surface area contributed by atoms with E-state index in [1.807, 2.05) is 0 Å². The summed E-state index contributed by atoms with van der Waals surface area (Å²) in [5.74, 6) is 1.21. The van der Waals surface area contributed by atoms with Crippen molar-refractivity contribution in [3.63, 3.8) is 0 Å². The zero-order valence-electron chi connectivity index (χ0n) is 16.7. The van der Waals surface area contributed by atoms with Crippen LogP contribution in [0.3, 0.4) is 0 Å². The fraction of sp³-hybridized carbons (Fsp3) is 0.421. The lowest BCUT2D eigenvalue weighted by Gasteiger charge is -2.20. The molecule has 0 spiro atoms. The number of halogens is 5. The van der Waals surface area contributed by atoms with Crippen molar-refractivity contribution in [2.75, 3.05) is 31.6 Å². The highest BCUT2D eigenvalue weighted by Gasteiger charge is 2.29. The molecule has 31 heavy (non-hydrogen) atoms. The second kappa shape index (κ2) is 11.6. The number of rotatable bonds is 6. The summed E-state index contributed by atoms with van der Waals surface area (Å²) in [6, 6.07) is 6.99. The van der Waals surface area contributed by atoms with Crippen molar-refractivity contribution in [1.29, 1.82) is 0 Å². The van der Waals surface area contributed by atoms with Crippen LogP contribution in [0.1, 0.15) is 12.0 Å². The van der Waals surface area contributed by atoms with Gasteiger partial charge in [-0.05, 0) is 24.6 Å². The number of ether oxygens (including phenoxy) is 1. The quantitative estimate of drug-likeness (QED) is 0.314. The van der Waals surface area contributed by atoms with Crippen LogP contribution in [0, 0.1) is 0 Å². The summed E-state index contributed by atoms with van der Waals surface area (Å²) >= 11 is 6.22. The molecule has 0 aromatic carbocycles. The summed E-state index contributed by atoms with van der Waals surface area (Å²) in [7, 11) is 1.63. The fourth-order valence-electron chi connectivity index (χ4n) is 3.09. The molecule has 1 saturated heterocycles. The lowest BCUT2D eigenvalue weighted by atomic mass is 10.2. The molecular formula is C19H23ClF3IN6O. The van der Waals surface area contributed by atoms with Crippen LogP contribution in [0.15, 0.2) is 41.7 Å². The fourth-order valence-corrected chi connectivity index (χ4v) is 3.33. The van der Waals surface area contributed by atoms with E-state index >= 15 is 0 Å². The predicted octanol–water partition coefficient (Wildman–Crippen LogP) is 3.63. The molecule has 3 heterocycles. The van der Waals surface area contributed by atoms with Gasteiger partial charge in [0.15, 0.2) is 12.6 Å². The number of guanidine groups is 1. The SMILES string of the molecule is CN=C(NCc1cccnc1OCC(F)(F)F)NC1CCN(c2ncccc2Cl)C1.I. The first-order valence-electron chi connectivity index (χ1n) is 9.32. The lowest BCUT2D eigenvalue weighted by molar-refractivity contribution is -0.154. The first-order chi connectivity index (χ1) is 14.4. The van der Waals surface area contributed by atoms with Crippen molar-refractivity contribution < 1.29 is 17.9 Å². The van der Waals surface area contributed by atoms with E-state index in [0.29, 0.717) is 23.1 Å². The number of aromatic nitrogens is 2. The Labute approximate surface area is 200 Å². The third-order valence-electron chi connectivity index (χ3n) is 4.46. The minimum absolute atomic E-state index is 0. The molecule has 170 valence electrons. The van der Waals surface area contributed by atoms with E-state index in [0.717, 1.165) is 18.8 Å². The topological polar surface area (TPSA) is 74.7 Å². The maximum Gasteiger partial charge on any atom is 0.422 e. The molecule has 0 aliphatic carbocycles. The number of nitrogens with one attached hydrogen (secondary N) is 2. The molecule has 2 aromatic rings. The van der Waals surface area contributed by atoms with E-state index in [2.05, 4.69) is 30.5 Å². The van der Waals surface area contributed by atoms with Gasteiger partial charge in [0.1, 0.15) is 5.82 Å². The second-order valence-corrected chi connectivity index (χ2v) is 7.09. The highest BCUT2D eigenvalue weighted by atomic mass is 127. The molecule has 0 saturated carbocycles. The average Bonchev–Trinajstić information content (AvgIpc) is 3.18. The van der Waals surface area contributed by atoms with Crippen LogP contribution < -0.4 is 20.3 Å². The van der Waals surface area contributed by atoms with E-state index < -0.39 is 12.8 Å². The monoisotopic (exact) mass is 570 g/mol. The molecule has 12 heteroatoms. The van der Waals surface area contributed by atoms with Crippen LogP contribution in [-0.2, 0) is 6.54 Å². The molecular weight excluding hydrogens is 548 g/mol. The standard InChI is InChI=1S/C19H22ClF3N6O.HI/c1-24-18(27-10-13-4-2-8-26-17(13)30-12-19(21,22)23)28-14-6-9-29(11-14)16-15(20)5-3-7-25-16;/h2-5,7-8,14H,6,9-12H2,1H3,(H2,24,27,28);1H. The molecule has 0 amide bonds. The van der Waals surface area contributed by atoms with Crippen LogP contribution in [0.5, 0.6) is 5.88 Å². The second-order valence-electron chi connectivity index (χ2n) is 6.68. The third kappa shape index (κ3) is 7.56. The van der Waals surface area contributed by atoms with Gasteiger partial charge in [-0.2, -0.15) is 13.2 Å². The average molecular weight is 571 g/mol. The number of hydrogen-bond donors (Lipinski definition) is 2. The van der Waals surface area contributed by atoms with E-state index in [4.69, 9.17) is 16.3 Å². The summed E-state index contributed by atoms with van der Waals surface area (Å²) in [5.41, 5.74) is 0.498. The first kappa shape index (κ1) is 25.2. The lowest BCUT2D eigenvalue weighted by Crippen LogP contribution is -2.44. The predicted molar refractivity (Wildman–Crippen MR) is 124 cm³/mol. The van der Waals surface area contributed by atoms with Gasteiger partial charge in [-0.3, -0.25) is 4.99 Å². The van der Waals surface area contributed by atoms with Gasteiger partial charge in [0.2, 0.25) is 5.88 Å². The van der Waals surface area contributed by atoms with Gasteiger partial charge in [-0.15, -0.1) is 24.0 Å². The Bertz CT molecular complexity index is 886. The molecule has 0 bridgehead atoms. The Morgan fingerprint density at radius 2 is 2.03 bits per heavy atom. The summed E-state index contributed by atoms with van der Waals surface area (Å²) in [5, 5.41) is 7.01. The van der Waals surface area contributed by atoms with Gasteiger partial charge in [-0.1, -0.05) is 17.7 Å². The molecule has 1 aliphatic heterocycles. The van der Waals surface area contributed by atoms with Crippen molar-refractivity contribution in [2.45, 2.75) is 25.2 Å². The van der Waals surface area contributed by atoms with E-state index in [-0.39, 0.29) is 42.4 Å². The maximum absolute atomic E-state index is 12.4. The molecule has 1 atom stereocenters. The van der Waals surface area contributed by atoms with Crippen molar-refractivity contribution >= 4 is 47.4 Å². The Morgan fingerprint density at radius 3 is 2.74 bits per heavy atom. The maximum atomic E-state index is 12.4. The Kier molecular flexibility index (Phi) is 9.41. The third-order valence-corrected chi connectivity index (χ3v) is 4.76. The van der Waals surface area contributed by atoms with Crippen molar-refractivity contribution in [1.82, 2.24) is 20.6 Å². The van der Waals surface area contributed by atoms with Crippen LogP contribution >= 0.6 is 35.6 Å². The molecule has 2 N–H and O–H groups in total. The molecule has 1 fully saturated rings. The van der Waals surface area contributed by atoms with Gasteiger partial charge >= 0.3 is 6.18 Å². The number of nitrogens with zero attached hydrogens (tertiary/aromatic N) is 4. The minimum atomic E-state index is -4.43. The van der Waals surface area contributed by atoms with Gasteiger partial charge in [0, 0.05) is 50.7 Å². The number of hydrogen-bond acceptors (Lipinski definition) is 5. The van der Waals surface area contributed by atoms with Gasteiger partial charge in [-0.25, -0.2) is 9.97 Å². The molecule has 7 nitrogen and oxygen atoms in total. The van der Waals surface area contributed by atoms with Crippen molar-refractivity contribution in [3.8, 4) is 5.88 Å². The zero-order chi connectivity index (χ0) is 21.6. The van der Waals surface area contributed by atoms with Crippen LogP contribution in [-0.4, -0.2) is 54.9 Å². The van der Waals surface area contributed by atoms with Crippen LogP contribution in [0.4, 0.5) is 19.0 Å². The molecule has 3 rings (SSSR count). The van der Waals surface area contributed by atoms with E-state index in [1.54, 1.807) is 37.5 Å². The Hall–Kier alpha value is -2.02. The van der Waals surface area contributed by atoms with Gasteiger partial charge in [0.25, 0.3) is 0 Å². The first-order valence-corrected chi connectivity index (χ1v) is 9.69. The Morgan fingerprint density at radius 1 is 1.29 bits per heavy atom. The summed E-state index contributed by atoms with van der Waals surface area (Å²) in [6.45, 7) is 0.314. The number of pyridine rings is 2. The Balaban J connectivity index is 0.00000341. The van der Waals surface area contributed by atoms with Crippen molar-refractivity contribution in [3.05, 3.63) is 47.2 Å². The molecule has 2 aromatic heterocycles. The smallest absolute Gasteiger partial charge is 0.422 e. The summed E-state index contributed by atoms with van der Waals surface area (Å²) < 4.78 is 42.1. The van der Waals surface area contributed by atoms with Crippen LogP contribution in [0.25, 0.3) is 0 Å². The number of alkyl halides is 3. The molecule has 1 aliphatic rings. The summed E-state index contributed by atoms with van der Waals surface area (Å²) in [6.07, 6.45) is -0.474. The van der Waals surface area contributed by atoms with E-state index in [9.17, 15) is 13.2 Å². The van der Waals surface area contributed by atoms with Crippen molar-refractivity contribution in [2.24, 2.45) is 4.99 Å². The van der Waals surface area contributed by atoms with Gasteiger partial charge in [0.05, 0.1) is 5.02 Å². The van der Waals surface area contributed by atoms with Gasteiger partial charge < -0.3 is 20.3 Å². The minimum Gasteiger partial charge on any atom is -0.468 e. The largest absolute Gasteiger partial charge is 0.468 e. The normalized spacial score (nSPS) is 16.6. The number of aliphatic imine (C=N–C) groups is 1. The zero-order valence-corrected chi connectivity index (χ0v) is 19.8. The van der Waals surface area contributed by atoms with Crippen LogP contribution in [0.2, 0.25) is 5.02 Å². The highest BCUT2D eigenvalue weighted by molar-refractivity contribution is 14.0. The number of anilines is 1.